The van der Waals surface area contributed by atoms with Crippen LogP contribution in [0.1, 0.15) is 57.5 Å². The quantitative estimate of drug-likeness (QED) is 0.784. The normalized spacial score (nSPS) is 18.9. The van der Waals surface area contributed by atoms with E-state index in [9.17, 15) is 0 Å². The molecule has 0 amide bonds. The van der Waals surface area contributed by atoms with Crippen LogP contribution >= 0.6 is 11.3 Å². The minimum absolute atomic E-state index is 0.704. The van der Waals surface area contributed by atoms with Crippen LogP contribution in [-0.4, -0.2) is 24.6 Å². The molecule has 21 heavy (non-hydrogen) atoms. The summed E-state index contributed by atoms with van der Waals surface area (Å²) in [5.41, 5.74) is 1.30. The van der Waals surface area contributed by atoms with Crippen LogP contribution in [0, 0.1) is 11.8 Å². The maximum Gasteiger partial charge on any atom is 0.185 e. The van der Waals surface area contributed by atoms with E-state index in [-0.39, 0.29) is 0 Å². The molecule has 0 radical (unpaired) electrons. The molecule has 0 aliphatic carbocycles. The number of anilines is 1. The summed E-state index contributed by atoms with van der Waals surface area (Å²) in [6.07, 6.45) is 5.06. The first-order chi connectivity index (χ1) is 10.1. The Labute approximate surface area is 134 Å². The number of hydrogen-bond donors (Lipinski definition) is 1. The van der Waals surface area contributed by atoms with Gasteiger partial charge < -0.3 is 10.2 Å². The van der Waals surface area contributed by atoms with Gasteiger partial charge in [0.1, 0.15) is 0 Å². The lowest BCUT2D eigenvalue weighted by atomic mass is 10.0. The molecule has 3 nitrogen and oxygen atoms in total. The molecule has 2 heterocycles. The van der Waals surface area contributed by atoms with Crippen LogP contribution in [0.5, 0.6) is 0 Å². The Balaban J connectivity index is 1.96. The number of rotatable bonds is 8. The summed E-state index contributed by atoms with van der Waals surface area (Å²) in [7, 11) is 0. The fourth-order valence-corrected chi connectivity index (χ4v) is 4.20. The molecule has 1 saturated heterocycles. The number of hydrogen-bond acceptors (Lipinski definition) is 4. The molecule has 1 unspecified atom stereocenters. The minimum atomic E-state index is 0.704. The first-order valence-corrected chi connectivity index (χ1v) is 9.39. The maximum absolute atomic E-state index is 4.91. The van der Waals surface area contributed by atoms with Crippen molar-refractivity contribution >= 4 is 16.5 Å². The topological polar surface area (TPSA) is 28.2 Å². The van der Waals surface area contributed by atoms with E-state index in [2.05, 4.69) is 37.9 Å². The standard InChI is InChI=1S/C17H31N3S/c1-5-7-14-8-9-20(12-14)17-19-15(6-2)16(21-17)11-18-10-13(3)4/h13-14,18H,5-12H2,1-4H3. The van der Waals surface area contributed by atoms with Gasteiger partial charge >= 0.3 is 0 Å². The largest absolute Gasteiger partial charge is 0.348 e. The van der Waals surface area contributed by atoms with Crippen molar-refractivity contribution in [3.63, 3.8) is 0 Å². The molecule has 1 atom stereocenters. The molecular weight excluding hydrogens is 278 g/mol. The van der Waals surface area contributed by atoms with Gasteiger partial charge in [-0.2, -0.15) is 0 Å². The van der Waals surface area contributed by atoms with Gasteiger partial charge in [0.15, 0.2) is 5.13 Å². The zero-order chi connectivity index (χ0) is 15.2. The van der Waals surface area contributed by atoms with E-state index in [0.717, 1.165) is 25.4 Å². The zero-order valence-electron chi connectivity index (χ0n) is 14.1. The van der Waals surface area contributed by atoms with E-state index in [4.69, 9.17) is 4.98 Å². The zero-order valence-corrected chi connectivity index (χ0v) is 14.9. The van der Waals surface area contributed by atoms with Crippen molar-refractivity contribution in [3.8, 4) is 0 Å². The fourth-order valence-electron chi connectivity index (χ4n) is 3.04. The molecular formula is C17H31N3S. The van der Waals surface area contributed by atoms with Crippen molar-refractivity contribution in [2.45, 2.75) is 59.9 Å². The number of nitrogens with one attached hydrogen (secondary N) is 1. The predicted molar refractivity (Wildman–Crippen MR) is 93.3 cm³/mol. The number of nitrogens with zero attached hydrogens (tertiary/aromatic N) is 2. The highest BCUT2D eigenvalue weighted by atomic mass is 32.1. The molecule has 1 aromatic heterocycles. The summed E-state index contributed by atoms with van der Waals surface area (Å²) >= 11 is 1.91. The Morgan fingerprint density at radius 1 is 1.38 bits per heavy atom. The molecule has 0 bridgehead atoms. The van der Waals surface area contributed by atoms with Gasteiger partial charge in [0.2, 0.25) is 0 Å². The third kappa shape index (κ3) is 4.68. The third-order valence-electron chi connectivity index (χ3n) is 4.19. The fraction of sp³-hybridized carbons (Fsp3) is 0.824. The molecule has 4 heteroatoms. The second-order valence-corrected chi connectivity index (χ2v) is 7.70. The van der Waals surface area contributed by atoms with Crippen molar-refractivity contribution in [3.05, 3.63) is 10.6 Å². The lowest BCUT2D eigenvalue weighted by molar-refractivity contribution is 0.529. The van der Waals surface area contributed by atoms with Crippen LogP contribution in [-0.2, 0) is 13.0 Å². The van der Waals surface area contributed by atoms with Crippen LogP contribution < -0.4 is 10.2 Å². The monoisotopic (exact) mass is 309 g/mol. The van der Waals surface area contributed by atoms with Crippen molar-refractivity contribution in [1.82, 2.24) is 10.3 Å². The van der Waals surface area contributed by atoms with E-state index < -0.39 is 0 Å². The van der Waals surface area contributed by atoms with Crippen molar-refractivity contribution in [2.24, 2.45) is 11.8 Å². The Kier molecular flexibility index (Phi) is 6.49. The summed E-state index contributed by atoms with van der Waals surface area (Å²) in [5.74, 6) is 1.59. The van der Waals surface area contributed by atoms with Gasteiger partial charge in [-0.25, -0.2) is 4.98 Å². The van der Waals surface area contributed by atoms with E-state index >= 15 is 0 Å². The molecule has 0 spiro atoms. The molecule has 0 saturated carbocycles. The lowest BCUT2D eigenvalue weighted by Crippen LogP contribution is -2.19. The van der Waals surface area contributed by atoms with Crippen LogP contribution in [0.3, 0.4) is 0 Å². The summed E-state index contributed by atoms with van der Waals surface area (Å²) < 4.78 is 0. The summed E-state index contributed by atoms with van der Waals surface area (Å²) in [4.78, 5) is 8.85. The first kappa shape index (κ1) is 16.8. The number of aryl methyl sites for hydroxylation is 1. The van der Waals surface area contributed by atoms with Crippen LogP contribution in [0.2, 0.25) is 0 Å². The average Bonchev–Trinajstić information content (AvgIpc) is 3.05. The number of aromatic nitrogens is 1. The lowest BCUT2D eigenvalue weighted by Gasteiger charge is -2.14. The van der Waals surface area contributed by atoms with Gasteiger partial charge in [0.05, 0.1) is 5.69 Å². The first-order valence-electron chi connectivity index (χ1n) is 8.58. The Hall–Kier alpha value is -0.610. The minimum Gasteiger partial charge on any atom is -0.348 e. The van der Waals surface area contributed by atoms with Gasteiger partial charge in [0.25, 0.3) is 0 Å². The van der Waals surface area contributed by atoms with Crippen LogP contribution in [0.4, 0.5) is 5.13 Å². The van der Waals surface area contributed by atoms with Gasteiger partial charge in [0, 0.05) is 24.5 Å². The van der Waals surface area contributed by atoms with Crippen molar-refractivity contribution < 1.29 is 0 Å². The second kappa shape index (κ2) is 8.14. The molecule has 1 N–H and O–H groups in total. The summed E-state index contributed by atoms with van der Waals surface area (Å²) in [6.45, 7) is 13.5. The van der Waals surface area contributed by atoms with Gasteiger partial charge in [-0.1, -0.05) is 34.1 Å². The van der Waals surface area contributed by atoms with E-state index in [1.807, 2.05) is 11.3 Å². The van der Waals surface area contributed by atoms with Gasteiger partial charge in [-0.15, -0.1) is 11.3 Å². The summed E-state index contributed by atoms with van der Waals surface area (Å²) in [5, 5.41) is 4.82. The molecule has 1 aromatic rings. The van der Waals surface area contributed by atoms with Gasteiger partial charge in [-0.05, 0) is 37.6 Å². The molecule has 1 fully saturated rings. The molecule has 1 aliphatic heterocycles. The highest BCUT2D eigenvalue weighted by Crippen LogP contribution is 2.32. The Morgan fingerprint density at radius 3 is 2.86 bits per heavy atom. The Bertz CT molecular complexity index is 428. The van der Waals surface area contributed by atoms with Crippen LogP contribution in [0.15, 0.2) is 0 Å². The summed E-state index contributed by atoms with van der Waals surface area (Å²) in [6, 6.07) is 0. The Morgan fingerprint density at radius 2 is 2.19 bits per heavy atom. The molecule has 0 aromatic carbocycles. The second-order valence-electron chi connectivity index (χ2n) is 6.63. The van der Waals surface area contributed by atoms with E-state index in [1.54, 1.807) is 0 Å². The molecule has 2 rings (SSSR count). The smallest absolute Gasteiger partial charge is 0.185 e. The van der Waals surface area contributed by atoms with Crippen molar-refractivity contribution in [1.29, 1.82) is 0 Å². The molecule has 1 aliphatic rings. The van der Waals surface area contributed by atoms with E-state index in [0.29, 0.717) is 5.92 Å². The SMILES string of the molecule is CCCC1CCN(c2nc(CC)c(CNCC(C)C)s2)C1. The van der Waals surface area contributed by atoms with E-state index in [1.165, 1.54) is 48.1 Å². The third-order valence-corrected chi connectivity index (χ3v) is 5.35. The van der Waals surface area contributed by atoms with Crippen molar-refractivity contribution in [2.75, 3.05) is 24.5 Å². The maximum atomic E-state index is 4.91. The average molecular weight is 310 g/mol. The molecule has 120 valence electrons. The van der Waals surface area contributed by atoms with Gasteiger partial charge in [-0.3, -0.25) is 0 Å². The highest BCUT2D eigenvalue weighted by molar-refractivity contribution is 7.15. The van der Waals surface area contributed by atoms with Crippen LogP contribution in [0.25, 0.3) is 0 Å². The number of thiazole rings is 1. The highest BCUT2D eigenvalue weighted by Gasteiger charge is 2.24. The predicted octanol–water partition coefficient (Wildman–Crippen LogP) is 4.08.